The summed E-state index contributed by atoms with van der Waals surface area (Å²) in [4.78, 5) is 2.39. The van der Waals surface area contributed by atoms with Crippen molar-refractivity contribution in [2.24, 2.45) is 5.73 Å². The largest absolute Gasteiger partial charge is 0.372 e. The average Bonchev–Trinajstić information content (AvgIpc) is 2.32. The van der Waals surface area contributed by atoms with E-state index in [0.29, 0.717) is 6.54 Å². The van der Waals surface area contributed by atoms with E-state index in [9.17, 15) is 0 Å². The maximum atomic E-state index is 6.27. The van der Waals surface area contributed by atoms with E-state index in [-0.39, 0.29) is 0 Å². The van der Waals surface area contributed by atoms with Gasteiger partial charge in [-0.15, -0.1) is 0 Å². The first-order valence-corrected chi connectivity index (χ1v) is 6.84. The molecule has 0 spiro atoms. The predicted octanol–water partition coefficient (Wildman–Crippen LogP) is 3.47. The highest BCUT2D eigenvalue weighted by Crippen LogP contribution is 2.24. The van der Waals surface area contributed by atoms with Gasteiger partial charge in [-0.3, -0.25) is 0 Å². The maximum absolute atomic E-state index is 6.27. The smallest absolute Gasteiger partial charge is 0.0459 e. The van der Waals surface area contributed by atoms with Gasteiger partial charge in [-0.25, -0.2) is 0 Å². The molecule has 0 saturated heterocycles. The molecule has 0 fully saturated rings. The summed E-state index contributed by atoms with van der Waals surface area (Å²) < 4.78 is 0. The number of hydrogen-bond acceptors (Lipinski definition) is 2. The summed E-state index contributed by atoms with van der Waals surface area (Å²) in [7, 11) is 0. The molecule has 0 aromatic heterocycles. The Balaban J connectivity index is 2.85. The van der Waals surface area contributed by atoms with Crippen molar-refractivity contribution in [2.45, 2.75) is 33.1 Å². The molecule has 0 bridgehead atoms. The molecule has 1 aromatic carbocycles. The van der Waals surface area contributed by atoms with E-state index in [4.69, 9.17) is 17.3 Å². The third kappa shape index (κ3) is 4.21. The Hall–Kier alpha value is -0.730. The third-order valence-corrected chi connectivity index (χ3v) is 3.15. The molecule has 17 heavy (non-hydrogen) atoms. The van der Waals surface area contributed by atoms with E-state index >= 15 is 0 Å². The molecule has 3 heteroatoms. The lowest BCUT2D eigenvalue weighted by Crippen LogP contribution is -2.24. The molecule has 1 rings (SSSR count). The summed E-state index contributed by atoms with van der Waals surface area (Å²) in [6.45, 7) is 7.22. The van der Waals surface area contributed by atoms with Gasteiger partial charge in [-0.2, -0.15) is 0 Å². The van der Waals surface area contributed by atoms with Gasteiger partial charge in [0.15, 0.2) is 0 Å². The second-order valence-electron chi connectivity index (χ2n) is 4.30. The van der Waals surface area contributed by atoms with E-state index in [0.717, 1.165) is 42.9 Å². The minimum absolute atomic E-state index is 0.646. The molecule has 1 aromatic rings. The molecule has 0 saturated carbocycles. The summed E-state index contributed by atoms with van der Waals surface area (Å²) in [5.74, 6) is 0. The minimum atomic E-state index is 0.646. The number of hydrogen-bond donors (Lipinski definition) is 1. The fourth-order valence-electron chi connectivity index (χ4n) is 2.00. The summed E-state index contributed by atoms with van der Waals surface area (Å²) in [5.41, 5.74) is 7.92. The van der Waals surface area contributed by atoms with Crippen LogP contribution < -0.4 is 10.6 Å². The van der Waals surface area contributed by atoms with Crippen LogP contribution >= 0.6 is 11.6 Å². The van der Waals surface area contributed by atoms with Crippen molar-refractivity contribution in [3.05, 3.63) is 28.8 Å². The SMILES string of the molecule is CCCN(CCC)c1ccc(CCN)c(Cl)c1. The van der Waals surface area contributed by atoms with Crippen LogP contribution in [0.4, 0.5) is 5.69 Å². The van der Waals surface area contributed by atoms with Gasteiger partial charge < -0.3 is 10.6 Å². The number of anilines is 1. The van der Waals surface area contributed by atoms with Crippen molar-refractivity contribution in [1.29, 1.82) is 0 Å². The fraction of sp³-hybridized carbons (Fsp3) is 0.571. The lowest BCUT2D eigenvalue weighted by molar-refractivity contribution is 0.744. The first-order valence-electron chi connectivity index (χ1n) is 6.46. The molecule has 0 aliphatic rings. The molecule has 0 unspecified atom stereocenters. The average molecular weight is 255 g/mol. The zero-order valence-corrected chi connectivity index (χ0v) is 11.6. The second-order valence-corrected chi connectivity index (χ2v) is 4.71. The van der Waals surface area contributed by atoms with Crippen LogP contribution in [0, 0.1) is 0 Å². The quantitative estimate of drug-likeness (QED) is 0.807. The normalized spacial score (nSPS) is 10.6. The standard InChI is InChI=1S/C14H23ClN2/c1-3-9-17(10-4-2)13-6-5-12(7-8-16)14(15)11-13/h5-6,11H,3-4,7-10,16H2,1-2H3. The number of benzene rings is 1. The van der Waals surface area contributed by atoms with Crippen molar-refractivity contribution >= 4 is 17.3 Å². The van der Waals surface area contributed by atoms with Crippen molar-refractivity contribution in [3.63, 3.8) is 0 Å². The molecule has 0 amide bonds. The van der Waals surface area contributed by atoms with Gasteiger partial charge in [0.25, 0.3) is 0 Å². The fourth-order valence-corrected chi connectivity index (χ4v) is 2.27. The van der Waals surface area contributed by atoms with E-state index in [1.807, 2.05) is 0 Å². The van der Waals surface area contributed by atoms with Crippen LogP contribution in [0.1, 0.15) is 32.3 Å². The van der Waals surface area contributed by atoms with Crippen LogP contribution in [0.25, 0.3) is 0 Å². The molecule has 2 N–H and O–H groups in total. The van der Waals surface area contributed by atoms with Crippen LogP contribution in [0.15, 0.2) is 18.2 Å². The van der Waals surface area contributed by atoms with Crippen LogP contribution in [0.2, 0.25) is 5.02 Å². The molecular weight excluding hydrogens is 232 g/mol. The van der Waals surface area contributed by atoms with E-state index in [1.54, 1.807) is 0 Å². The highest BCUT2D eigenvalue weighted by atomic mass is 35.5. The molecule has 0 heterocycles. The monoisotopic (exact) mass is 254 g/mol. The summed E-state index contributed by atoms with van der Waals surface area (Å²) >= 11 is 6.27. The van der Waals surface area contributed by atoms with Crippen LogP contribution in [0.5, 0.6) is 0 Å². The van der Waals surface area contributed by atoms with Crippen LogP contribution in [0.3, 0.4) is 0 Å². The second kappa shape index (κ2) is 7.57. The lowest BCUT2D eigenvalue weighted by atomic mass is 10.1. The summed E-state index contributed by atoms with van der Waals surface area (Å²) in [6, 6.07) is 6.32. The number of halogens is 1. The molecule has 0 atom stereocenters. The molecule has 96 valence electrons. The summed E-state index contributed by atoms with van der Waals surface area (Å²) in [6.07, 6.45) is 3.16. The van der Waals surface area contributed by atoms with Gasteiger partial charge in [0.1, 0.15) is 0 Å². The first kappa shape index (κ1) is 14.3. The van der Waals surface area contributed by atoms with Gasteiger partial charge in [0.2, 0.25) is 0 Å². The van der Waals surface area contributed by atoms with Gasteiger partial charge >= 0.3 is 0 Å². The maximum Gasteiger partial charge on any atom is 0.0459 e. The Labute approximate surface area is 110 Å². The lowest BCUT2D eigenvalue weighted by Gasteiger charge is -2.24. The van der Waals surface area contributed by atoms with Crippen LogP contribution in [-0.4, -0.2) is 19.6 Å². The van der Waals surface area contributed by atoms with Crippen molar-refractivity contribution in [3.8, 4) is 0 Å². The van der Waals surface area contributed by atoms with E-state index in [2.05, 4.69) is 36.9 Å². The Morgan fingerprint density at radius 1 is 1.18 bits per heavy atom. The molecule has 0 aliphatic heterocycles. The molecule has 0 aliphatic carbocycles. The number of nitrogens with zero attached hydrogens (tertiary/aromatic N) is 1. The Morgan fingerprint density at radius 2 is 1.82 bits per heavy atom. The van der Waals surface area contributed by atoms with Gasteiger partial charge in [0.05, 0.1) is 0 Å². The van der Waals surface area contributed by atoms with Crippen molar-refractivity contribution in [2.75, 3.05) is 24.5 Å². The zero-order chi connectivity index (χ0) is 12.7. The molecule has 2 nitrogen and oxygen atoms in total. The van der Waals surface area contributed by atoms with Gasteiger partial charge in [-0.05, 0) is 43.5 Å². The van der Waals surface area contributed by atoms with E-state index in [1.165, 1.54) is 5.69 Å². The minimum Gasteiger partial charge on any atom is -0.372 e. The van der Waals surface area contributed by atoms with Crippen molar-refractivity contribution < 1.29 is 0 Å². The highest BCUT2D eigenvalue weighted by Gasteiger charge is 2.07. The third-order valence-electron chi connectivity index (χ3n) is 2.80. The summed E-state index contributed by atoms with van der Waals surface area (Å²) in [5, 5.41) is 0.838. The Kier molecular flexibility index (Phi) is 6.38. The Bertz CT molecular complexity index is 333. The zero-order valence-electron chi connectivity index (χ0n) is 10.9. The first-order chi connectivity index (χ1) is 8.22. The Morgan fingerprint density at radius 3 is 2.29 bits per heavy atom. The predicted molar refractivity (Wildman–Crippen MR) is 77.0 cm³/mol. The van der Waals surface area contributed by atoms with Gasteiger partial charge in [-0.1, -0.05) is 31.5 Å². The molecule has 0 radical (unpaired) electrons. The van der Waals surface area contributed by atoms with E-state index < -0.39 is 0 Å². The number of nitrogens with two attached hydrogens (primary N) is 1. The van der Waals surface area contributed by atoms with Crippen molar-refractivity contribution in [1.82, 2.24) is 0 Å². The number of rotatable bonds is 7. The van der Waals surface area contributed by atoms with Crippen LogP contribution in [-0.2, 0) is 6.42 Å². The highest BCUT2D eigenvalue weighted by molar-refractivity contribution is 6.31. The topological polar surface area (TPSA) is 29.3 Å². The molecular formula is C14H23ClN2. The van der Waals surface area contributed by atoms with Gasteiger partial charge in [0, 0.05) is 23.8 Å².